The number of carbonyl (C=O) groups is 1. The number of hydrogen-bond donors (Lipinski definition) is 0. The lowest BCUT2D eigenvalue weighted by molar-refractivity contribution is 0.0703. The van der Waals surface area contributed by atoms with Gasteiger partial charge in [0.05, 0.1) is 9.77 Å². The Hall–Kier alpha value is -1.77. The van der Waals surface area contributed by atoms with E-state index in [1.807, 2.05) is 11.4 Å². The Bertz CT molecular complexity index is 842. The van der Waals surface area contributed by atoms with E-state index < -0.39 is 15.8 Å². The molecule has 0 unspecified atom stereocenters. The minimum Gasteiger partial charge on any atom is -0.335 e. The highest BCUT2D eigenvalue weighted by Gasteiger charge is 2.30. The first-order valence-corrected chi connectivity index (χ1v) is 9.80. The molecule has 0 N–H and O–H groups in total. The van der Waals surface area contributed by atoms with Gasteiger partial charge in [0, 0.05) is 26.2 Å². The van der Waals surface area contributed by atoms with Crippen LogP contribution in [-0.2, 0) is 10.0 Å². The van der Waals surface area contributed by atoms with Crippen molar-refractivity contribution >= 4 is 27.3 Å². The molecule has 8 heteroatoms. The Balaban J connectivity index is 1.71. The highest BCUT2D eigenvalue weighted by Crippen LogP contribution is 2.21. The smallest absolute Gasteiger partial charge is 0.264 e. The molecule has 0 atom stereocenters. The number of benzene rings is 1. The predicted octanol–water partition coefficient (Wildman–Crippen LogP) is 2.34. The molecule has 0 aliphatic carbocycles. The third kappa shape index (κ3) is 3.22. The Morgan fingerprint density at radius 2 is 1.88 bits per heavy atom. The summed E-state index contributed by atoms with van der Waals surface area (Å²) in [5.41, 5.74) is 0.294. The van der Waals surface area contributed by atoms with E-state index in [1.165, 1.54) is 40.8 Å². The van der Waals surface area contributed by atoms with Crippen molar-refractivity contribution in [1.82, 2.24) is 9.21 Å². The van der Waals surface area contributed by atoms with Gasteiger partial charge in [-0.2, -0.15) is 4.31 Å². The lowest BCUT2D eigenvalue weighted by Crippen LogP contribution is -2.50. The number of hydrogen-bond acceptors (Lipinski definition) is 4. The van der Waals surface area contributed by atoms with Crippen LogP contribution in [0.1, 0.15) is 15.2 Å². The van der Waals surface area contributed by atoms with E-state index in [2.05, 4.69) is 0 Å². The van der Waals surface area contributed by atoms with Crippen LogP contribution < -0.4 is 0 Å². The van der Waals surface area contributed by atoms with Crippen molar-refractivity contribution in [1.29, 1.82) is 0 Å². The van der Waals surface area contributed by atoms with Gasteiger partial charge in [0.15, 0.2) is 0 Å². The molecule has 1 aromatic heterocycles. The summed E-state index contributed by atoms with van der Waals surface area (Å²) in [6, 6.07) is 7.36. The van der Waals surface area contributed by atoms with Crippen molar-refractivity contribution in [3.8, 4) is 0 Å². The monoisotopic (exact) mass is 368 g/mol. The largest absolute Gasteiger partial charge is 0.335 e. The molecule has 1 aromatic carbocycles. The summed E-state index contributed by atoms with van der Waals surface area (Å²) in [4.78, 5) is 14.7. The fourth-order valence-corrected chi connectivity index (χ4v) is 4.81. The zero-order chi connectivity index (χ0) is 17.3. The standard InChI is InChI=1S/C16H17FN2O3S2/c1-12-11-13(4-5-14(12)17)24(21,22)19-8-6-18(7-9-19)16(20)15-3-2-10-23-15/h2-5,10-11H,6-9H2,1H3. The zero-order valence-corrected chi connectivity index (χ0v) is 14.7. The van der Waals surface area contributed by atoms with Gasteiger partial charge in [-0.15, -0.1) is 11.3 Å². The number of aryl methyl sites for hydroxylation is 1. The van der Waals surface area contributed by atoms with Crippen molar-refractivity contribution in [2.75, 3.05) is 26.2 Å². The van der Waals surface area contributed by atoms with Gasteiger partial charge in [-0.1, -0.05) is 6.07 Å². The normalized spacial score (nSPS) is 16.3. The van der Waals surface area contributed by atoms with Crippen LogP contribution in [0.4, 0.5) is 4.39 Å². The van der Waals surface area contributed by atoms with Crippen LogP contribution in [-0.4, -0.2) is 49.7 Å². The van der Waals surface area contributed by atoms with Gasteiger partial charge in [0.2, 0.25) is 10.0 Å². The van der Waals surface area contributed by atoms with Crippen LogP contribution in [0.5, 0.6) is 0 Å². The zero-order valence-electron chi connectivity index (χ0n) is 13.1. The third-order valence-corrected chi connectivity index (χ3v) is 6.78. The van der Waals surface area contributed by atoms with Crippen LogP contribution in [0.2, 0.25) is 0 Å². The average molecular weight is 368 g/mol. The van der Waals surface area contributed by atoms with E-state index in [4.69, 9.17) is 0 Å². The van der Waals surface area contributed by atoms with Crippen molar-refractivity contribution in [2.45, 2.75) is 11.8 Å². The highest BCUT2D eigenvalue weighted by molar-refractivity contribution is 7.89. The average Bonchev–Trinajstić information content (AvgIpc) is 3.11. The molecule has 1 aliphatic heterocycles. The number of carbonyl (C=O) groups excluding carboxylic acids is 1. The molecule has 5 nitrogen and oxygen atoms in total. The molecule has 1 fully saturated rings. The number of rotatable bonds is 3. The number of thiophene rings is 1. The van der Waals surface area contributed by atoms with Crippen molar-refractivity contribution in [2.24, 2.45) is 0 Å². The summed E-state index contributed by atoms with van der Waals surface area (Å²) < 4.78 is 40.0. The molecular formula is C16H17FN2O3S2. The third-order valence-electron chi connectivity index (χ3n) is 4.02. The van der Waals surface area contributed by atoms with E-state index in [-0.39, 0.29) is 23.9 Å². The van der Waals surface area contributed by atoms with Gasteiger partial charge in [0.1, 0.15) is 5.82 Å². The minimum absolute atomic E-state index is 0.0697. The van der Waals surface area contributed by atoms with Crippen LogP contribution in [0.3, 0.4) is 0 Å². The number of nitrogens with zero attached hydrogens (tertiary/aromatic N) is 2. The second-order valence-corrected chi connectivity index (χ2v) is 8.47. The first-order valence-electron chi connectivity index (χ1n) is 7.48. The van der Waals surface area contributed by atoms with Crippen LogP contribution >= 0.6 is 11.3 Å². The molecular weight excluding hydrogens is 351 g/mol. The maximum Gasteiger partial charge on any atom is 0.264 e. The first kappa shape index (κ1) is 17.1. The second kappa shape index (κ2) is 6.62. The summed E-state index contributed by atoms with van der Waals surface area (Å²) >= 11 is 1.37. The van der Waals surface area contributed by atoms with Gasteiger partial charge < -0.3 is 4.90 Å². The maximum absolute atomic E-state index is 13.4. The number of piperazine rings is 1. The second-order valence-electron chi connectivity index (χ2n) is 5.58. The summed E-state index contributed by atoms with van der Waals surface area (Å²) in [6.45, 7) is 2.68. The molecule has 2 aromatic rings. The van der Waals surface area contributed by atoms with E-state index in [0.29, 0.717) is 23.5 Å². The first-order chi connectivity index (χ1) is 11.4. The quantitative estimate of drug-likeness (QED) is 0.836. The molecule has 24 heavy (non-hydrogen) atoms. The Kier molecular flexibility index (Phi) is 4.71. The van der Waals surface area contributed by atoms with Crippen molar-refractivity contribution in [3.63, 3.8) is 0 Å². The van der Waals surface area contributed by atoms with Gasteiger partial charge in [-0.3, -0.25) is 4.79 Å². The molecule has 1 aliphatic rings. The van der Waals surface area contributed by atoms with Gasteiger partial charge in [-0.05, 0) is 42.1 Å². The highest BCUT2D eigenvalue weighted by atomic mass is 32.2. The molecule has 1 amide bonds. The maximum atomic E-state index is 13.4. The molecule has 0 bridgehead atoms. The fraction of sp³-hybridized carbons (Fsp3) is 0.312. The molecule has 0 radical (unpaired) electrons. The fourth-order valence-electron chi connectivity index (χ4n) is 2.61. The molecule has 3 rings (SSSR count). The van der Waals surface area contributed by atoms with Crippen LogP contribution in [0.15, 0.2) is 40.6 Å². The van der Waals surface area contributed by atoms with Crippen LogP contribution in [0, 0.1) is 12.7 Å². The minimum atomic E-state index is -3.67. The van der Waals surface area contributed by atoms with Crippen molar-refractivity contribution in [3.05, 3.63) is 52.0 Å². The Morgan fingerprint density at radius 1 is 1.17 bits per heavy atom. The lowest BCUT2D eigenvalue weighted by Gasteiger charge is -2.33. The SMILES string of the molecule is Cc1cc(S(=O)(=O)N2CCN(C(=O)c3cccs3)CC2)ccc1F. The van der Waals surface area contributed by atoms with Gasteiger partial charge in [-0.25, -0.2) is 12.8 Å². The Morgan fingerprint density at radius 3 is 2.46 bits per heavy atom. The molecule has 1 saturated heterocycles. The predicted molar refractivity (Wildman–Crippen MR) is 90.1 cm³/mol. The summed E-state index contributed by atoms with van der Waals surface area (Å²) in [6.07, 6.45) is 0. The van der Waals surface area contributed by atoms with Crippen LogP contribution in [0.25, 0.3) is 0 Å². The van der Waals surface area contributed by atoms with E-state index in [9.17, 15) is 17.6 Å². The molecule has 128 valence electrons. The van der Waals surface area contributed by atoms with E-state index in [1.54, 1.807) is 11.0 Å². The van der Waals surface area contributed by atoms with Crippen molar-refractivity contribution < 1.29 is 17.6 Å². The van der Waals surface area contributed by atoms with Gasteiger partial charge >= 0.3 is 0 Å². The van der Waals surface area contributed by atoms with E-state index in [0.717, 1.165) is 0 Å². The molecule has 0 spiro atoms. The lowest BCUT2D eigenvalue weighted by atomic mass is 10.2. The molecule has 0 saturated carbocycles. The number of sulfonamides is 1. The number of amides is 1. The molecule has 2 heterocycles. The Labute approximate surface area is 144 Å². The summed E-state index contributed by atoms with van der Waals surface area (Å²) in [7, 11) is -3.67. The topological polar surface area (TPSA) is 57.7 Å². The van der Waals surface area contributed by atoms with E-state index >= 15 is 0 Å². The van der Waals surface area contributed by atoms with Gasteiger partial charge in [0.25, 0.3) is 5.91 Å². The summed E-state index contributed by atoms with van der Waals surface area (Å²) in [5, 5.41) is 1.84. The number of halogens is 1. The summed E-state index contributed by atoms with van der Waals surface area (Å²) in [5.74, 6) is -0.500.